The minimum absolute atomic E-state index is 0.0400. The van der Waals surface area contributed by atoms with Crippen molar-refractivity contribution in [3.63, 3.8) is 0 Å². The Bertz CT molecular complexity index is 814. The maximum absolute atomic E-state index is 12.9. The van der Waals surface area contributed by atoms with Crippen LogP contribution >= 0.6 is 0 Å². The predicted molar refractivity (Wildman–Crippen MR) is 107 cm³/mol. The Balaban J connectivity index is 1.70. The van der Waals surface area contributed by atoms with Gasteiger partial charge in [-0.05, 0) is 55.7 Å². The molecule has 1 aliphatic rings. The van der Waals surface area contributed by atoms with E-state index in [0.29, 0.717) is 26.1 Å². The number of para-hydroxylation sites is 2. The summed E-state index contributed by atoms with van der Waals surface area (Å²) in [4.78, 5) is 27.7. The Morgan fingerprint density at radius 1 is 1.11 bits per heavy atom. The highest BCUT2D eigenvalue weighted by molar-refractivity contribution is 6.02. The van der Waals surface area contributed by atoms with Crippen molar-refractivity contribution in [2.24, 2.45) is 5.92 Å². The lowest BCUT2D eigenvalue weighted by Crippen LogP contribution is -2.37. The minimum atomic E-state index is -0.247. The molecule has 5 nitrogen and oxygen atoms in total. The third-order valence-electron chi connectivity index (χ3n) is 4.76. The van der Waals surface area contributed by atoms with Gasteiger partial charge in [0, 0.05) is 13.1 Å². The molecule has 2 aromatic rings. The van der Waals surface area contributed by atoms with Gasteiger partial charge in [-0.3, -0.25) is 9.59 Å². The van der Waals surface area contributed by atoms with Crippen LogP contribution in [0.15, 0.2) is 42.5 Å². The molecule has 1 atom stereocenters. The maximum Gasteiger partial charge on any atom is 0.231 e. The van der Waals surface area contributed by atoms with E-state index in [2.05, 4.69) is 6.07 Å². The number of amides is 2. The predicted octanol–water partition coefficient (Wildman–Crippen LogP) is 3.72. The molecule has 0 aromatic heterocycles. The summed E-state index contributed by atoms with van der Waals surface area (Å²) in [6, 6.07) is 13.7. The lowest BCUT2D eigenvalue weighted by atomic mass is 10.1. The van der Waals surface area contributed by atoms with E-state index in [1.807, 2.05) is 57.2 Å². The molecular weight excluding hydrogens is 340 g/mol. The number of carbonyl (C=O) groups is 2. The van der Waals surface area contributed by atoms with Gasteiger partial charge in [-0.15, -0.1) is 0 Å². The van der Waals surface area contributed by atoms with Gasteiger partial charge in [0.15, 0.2) is 0 Å². The van der Waals surface area contributed by atoms with Crippen LogP contribution in [-0.4, -0.2) is 32.0 Å². The molecule has 0 aliphatic carbocycles. The first-order chi connectivity index (χ1) is 13.0. The van der Waals surface area contributed by atoms with Crippen LogP contribution in [0, 0.1) is 19.8 Å². The van der Waals surface area contributed by atoms with Crippen molar-refractivity contribution in [3.05, 3.63) is 53.6 Å². The fourth-order valence-electron chi connectivity index (χ4n) is 3.55. The second-order valence-electron chi connectivity index (χ2n) is 7.16. The molecule has 0 saturated heterocycles. The van der Waals surface area contributed by atoms with Gasteiger partial charge in [0.2, 0.25) is 12.3 Å². The molecule has 0 spiro atoms. The van der Waals surface area contributed by atoms with Crippen LogP contribution in [0.25, 0.3) is 0 Å². The summed E-state index contributed by atoms with van der Waals surface area (Å²) in [6.45, 7) is 7.44. The Kier molecular flexibility index (Phi) is 5.79. The smallest absolute Gasteiger partial charge is 0.231 e. The Morgan fingerprint density at radius 3 is 2.44 bits per heavy atom. The zero-order valence-corrected chi connectivity index (χ0v) is 16.1. The Labute approximate surface area is 160 Å². The molecule has 0 saturated carbocycles. The zero-order chi connectivity index (χ0) is 19.4. The van der Waals surface area contributed by atoms with E-state index in [1.165, 1.54) is 11.1 Å². The average molecular weight is 366 g/mol. The zero-order valence-electron chi connectivity index (χ0n) is 16.1. The van der Waals surface area contributed by atoms with Crippen LogP contribution in [0.2, 0.25) is 0 Å². The van der Waals surface area contributed by atoms with E-state index in [4.69, 9.17) is 4.74 Å². The number of rotatable bonds is 6. The van der Waals surface area contributed by atoms with Crippen LogP contribution < -0.4 is 14.5 Å². The number of anilines is 2. The van der Waals surface area contributed by atoms with E-state index in [-0.39, 0.29) is 11.8 Å². The van der Waals surface area contributed by atoms with Gasteiger partial charge in [-0.25, -0.2) is 0 Å². The SMILES string of the molecule is Cc1cc(C)cc(OCCCN2C(=O)C(C)CN(C=O)c3ccccc32)c1. The number of aryl methyl sites for hydroxylation is 2. The second-order valence-corrected chi connectivity index (χ2v) is 7.16. The number of hydrogen-bond donors (Lipinski definition) is 0. The lowest BCUT2D eigenvalue weighted by molar-refractivity contribution is -0.121. The molecule has 0 radical (unpaired) electrons. The molecule has 1 unspecified atom stereocenters. The number of fused-ring (bicyclic) bond motifs is 1. The molecule has 1 heterocycles. The molecule has 5 heteroatoms. The second kappa shape index (κ2) is 8.25. The molecular formula is C22H26N2O3. The van der Waals surface area contributed by atoms with E-state index >= 15 is 0 Å². The average Bonchev–Trinajstić information content (AvgIpc) is 2.74. The van der Waals surface area contributed by atoms with Gasteiger partial charge >= 0.3 is 0 Å². The fourth-order valence-corrected chi connectivity index (χ4v) is 3.55. The topological polar surface area (TPSA) is 49.9 Å². The minimum Gasteiger partial charge on any atom is -0.494 e. The van der Waals surface area contributed by atoms with Crippen molar-refractivity contribution in [2.75, 3.05) is 29.5 Å². The molecule has 0 fully saturated rings. The highest BCUT2D eigenvalue weighted by Gasteiger charge is 2.30. The Hall–Kier alpha value is -2.82. The van der Waals surface area contributed by atoms with E-state index < -0.39 is 0 Å². The number of benzene rings is 2. The standard InChI is InChI=1S/C22H26N2O3/c1-16-11-17(2)13-19(12-16)27-10-6-9-24-21-8-5-4-7-20(21)23(15-25)14-18(3)22(24)26/h4-5,7-8,11-13,15,18H,6,9-10,14H2,1-3H3. The molecule has 2 amide bonds. The number of ether oxygens (including phenoxy) is 1. The number of hydrogen-bond acceptors (Lipinski definition) is 3. The van der Waals surface area contributed by atoms with Gasteiger partial charge in [-0.2, -0.15) is 0 Å². The molecule has 3 rings (SSSR count). The normalized spacial score (nSPS) is 16.7. The summed E-state index contributed by atoms with van der Waals surface area (Å²) in [6.07, 6.45) is 1.51. The van der Waals surface area contributed by atoms with Gasteiger partial charge in [0.05, 0.1) is 23.9 Å². The van der Waals surface area contributed by atoms with Crippen LogP contribution in [0.1, 0.15) is 24.5 Å². The monoisotopic (exact) mass is 366 g/mol. The third kappa shape index (κ3) is 4.30. The first kappa shape index (κ1) is 19.0. The van der Waals surface area contributed by atoms with E-state index in [0.717, 1.165) is 23.5 Å². The van der Waals surface area contributed by atoms with Gasteiger partial charge in [0.1, 0.15) is 5.75 Å². The molecule has 142 valence electrons. The van der Waals surface area contributed by atoms with Crippen LogP contribution in [0.3, 0.4) is 0 Å². The molecule has 0 N–H and O–H groups in total. The van der Waals surface area contributed by atoms with Crippen molar-refractivity contribution < 1.29 is 14.3 Å². The molecule has 1 aliphatic heterocycles. The molecule has 27 heavy (non-hydrogen) atoms. The maximum atomic E-state index is 12.9. The Morgan fingerprint density at radius 2 is 1.78 bits per heavy atom. The van der Waals surface area contributed by atoms with Crippen molar-refractivity contribution in [1.29, 1.82) is 0 Å². The first-order valence-electron chi connectivity index (χ1n) is 9.33. The highest BCUT2D eigenvalue weighted by atomic mass is 16.5. The lowest BCUT2D eigenvalue weighted by Gasteiger charge is -2.24. The highest BCUT2D eigenvalue weighted by Crippen LogP contribution is 2.33. The molecule has 2 aromatic carbocycles. The third-order valence-corrected chi connectivity index (χ3v) is 4.76. The van der Waals surface area contributed by atoms with E-state index in [9.17, 15) is 9.59 Å². The van der Waals surface area contributed by atoms with Gasteiger partial charge in [-0.1, -0.05) is 25.1 Å². The number of nitrogens with zero attached hydrogens (tertiary/aromatic N) is 2. The summed E-state index contributed by atoms with van der Waals surface area (Å²) in [5.74, 6) is 0.650. The van der Waals surface area contributed by atoms with Gasteiger partial charge < -0.3 is 14.5 Å². The number of carbonyl (C=O) groups excluding carboxylic acids is 2. The largest absolute Gasteiger partial charge is 0.494 e. The van der Waals surface area contributed by atoms with Crippen LogP contribution in [0.4, 0.5) is 11.4 Å². The van der Waals surface area contributed by atoms with Crippen molar-refractivity contribution in [2.45, 2.75) is 27.2 Å². The summed E-state index contributed by atoms with van der Waals surface area (Å²) < 4.78 is 5.88. The molecule has 0 bridgehead atoms. The quantitative estimate of drug-likeness (QED) is 0.578. The first-order valence-corrected chi connectivity index (χ1v) is 9.33. The van der Waals surface area contributed by atoms with Crippen molar-refractivity contribution in [3.8, 4) is 5.75 Å². The van der Waals surface area contributed by atoms with Crippen molar-refractivity contribution >= 4 is 23.7 Å². The van der Waals surface area contributed by atoms with Crippen molar-refractivity contribution in [1.82, 2.24) is 0 Å². The van der Waals surface area contributed by atoms with Gasteiger partial charge in [0.25, 0.3) is 0 Å². The summed E-state index contributed by atoms with van der Waals surface area (Å²) in [5.41, 5.74) is 3.90. The summed E-state index contributed by atoms with van der Waals surface area (Å²) in [5, 5.41) is 0. The fraction of sp³-hybridized carbons (Fsp3) is 0.364. The van der Waals surface area contributed by atoms with Crippen LogP contribution in [0.5, 0.6) is 5.75 Å². The summed E-state index contributed by atoms with van der Waals surface area (Å²) >= 11 is 0. The summed E-state index contributed by atoms with van der Waals surface area (Å²) in [7, 11) is 0. The van der Waals surface area contributed by atoms with Crippen LogP contribution in [-0.2, 0) is 9.59 Å². The van der Waals surface area contributed by atoms with E-state index in [1.54, 1.807) is 9.80 Å².